The topological polar surface area (TPSA) is 186 Å². The fourth-order valence-electron chi connectivity index (χ4n) is 3.32. The van der Waals surface area contributed by atoms with Crippen LogP contribution < -0.4 is 16.8 Å². The van der Waals surface area contributed by atoms with Gasteiger partial charge in [-0.1, -0.05) is 5.16 Å². The lowest BCUT2D eigenvalue weighted by molar-refractivity contribution is -0.150. The lowest BCUT2D eigenvalue weighted by Gasteiger charge is -2.49. The molecule has 0 unspecified atom stereocenters. The minimum absolute atomic E-state index is 0.0555. The Bertz CT molecular complexity index is 1190. The summed E-state index contributed by atoms with van der Waals surface area (Å²) in [5, 5.41) is 19.7. The van der Waals surface area contributed by atoms with Crippen LogP contribution in [0.25, 0.3) is 0 Å². The zero-order valence-electron chi connectivity index (χ0n) is 17.6. The number of nitrogens with one attached hydrogen (secondary N) is 1. The summed E-state index contributed by atoms with van der Waals surface area (Å²) in [6, 6.07) is -0.908. The number of amides is 2. The number of carboxylic acid groups (broad SMARTS) is 1. The molecule has 2 amide bonds. The highest BCUT2D eigenvalue weighted by Crippen LogP contribution is 2.43. The third-order valence-corrected chi connectivity index (χ3v) is 8.74. The molecule has 1 saturated heterocycles. The molecule has 0 aromatic carbocycles. The number of aromatic nitrogens is 2. The molecule has 0 bridgehead atoms. The molecule has 2 aliphatic heterocycles. The van der Waals surface area contributed by atoms with Crippen LogP contribution in [0.4, 0.5) is 10.3 Å². The molecular weight excluding hydrogens is 523 g/mol. The van der Waals surface area contributed by atoms with Crippen molar-refractivity contribution in [2.24, 2.45) is 5.16 Å². The van der Waals surface area contributed by atoms with Crippen molar-refractivity contribution in [2.75, 3.05) is 30.1 Å². The highest BCUT2D eigenvalue weighted by Gasteiger charge is 2.54. The fraction of sp³-hybridized carbons (Fsp3) is 0.333. The largest absolute Gasteiger partial charge is 0.477 e. The van der Waals surface area contributed by atoms with Gasteiger partial charge >= 0.3 is 5.97 Å². The number of β-lactam (4-membered cyclic amide) rings is 1. The number of anilines is 2. The molecule has 4 rings (SSSR count). The molecule has 2 atom stereocenters. The van der Waals surface area contributed by atoms with Crippen LogP contribution in [0, 0.1) is 0 Å². The molecule has 2 aromatic rings. The molecule has 6 N–H and O–H groups in total. The summed E-state index contributed by atoms with van der Waals surface area (Å²) in [5.41, 5.74) is 12.1. The summed E-state index contributed by atoms with van der Waals surface area (Å²) in [4.78, 5) is 52.5. The summed E-state index contributed by atoms with van der Waals surface area (Å²) >= 11 is 5.23. The standard InChI is InChI=1S/C18H19N7O5S4/c1-30-24-10(8-5-34-18(20)22-8)13(26)23-11-14(27)25-12(16(28)29)9(6-32-15(11)25)31-3-2-7-4-33-17(19)21-7/h4-5,11,15H,2-3,6H2,1H3,(H2,19,21)(H2,20,22)(H,23,26)(H,28,29)/b24-10-/t11-,15-/m1/s1. The molecule has 2 aromatic heterocycles. The second-order valence-electron chi connectivity index (χ2n) is 6.91. The van der Waals surface area contributed by atoms with Gasteiger partial charge in [-0.05, 0) is 6.42 Å². The number of nitrogen functional groups attached to an aromatic ring is 2. The van der Waals surface area contributed by atoms with Gasteiger partial charge in [0.15, 0.2) is 16.0 Å². The summed E-state index contributed by atoms with van der Waals surface area (Å²) in [6.07, 6.45) is 0.623. The Morgan fingerprint density at radius 1 is 1.32 bits per heavy atom. The molecular formula is C18H19N7O5S4. The van der Waals surface area contributed by atoms with Crippen molar-refractivity contribution in [1.82, 2.24) is 20.2 Å². The number of carbonyl (C=O) groups excluding carboxylic acids is 2. The normalized spacial score (nSPS) is 20.1. The molecule has 0 saturated carbocycles. The number of nitrogens with zero attached hydrogens (tertiary/aromatic N) is 4. The number of aliphatic carboxylic acids is 1. The Balaban J connectivity index is 1.44. The van der Waals surface area contributed by atoms with Crippen LogP contribution in [0.2, 0.25) is 0 Å². The fourth-order valence-corrected chi connectivity index (χ4v) is 7.08. The Kier molecular flexibility index (Phi) is 7.30. The molecule has 34 heavy (non-hydrogen) atoms. The molecule has 180 valence electrons. The predicted molar refractivity (Wildman–Crippen MR) is 132 cm³/mol. The van der Waals surface area contributed by atoms with Gasteiger partial charge in [0.1, 0.15) is 29.9 Å². The summed E-state index contributed by atoms with van der Waals surface area (Å²) in [6.45, 7) is 0. The van der Waals surface area contributed by atoms with E-state index in [1.807, 2.05) is 5.38 Å². The minimum Gasteiger partial charge on any atom is -0.477 e. The molecule has 12 nitrogen and oxygen atoms in total. The lowest BCUT2D eigenvalue weighted by atomic mass is 10.0. The van der Waals surface area contributed by atoms with E-state index in [-0.39, 0.29) is 22.2 Å². The van der Waals surface area contributed by atoms with Crippen LogP contribution in [-0.2, 0) is 25.6 Å². The van der Waals surface area contributed by atoms with Crippen molar-refractivity contribution in [2.45, 2.75) is 17.8 Å². The van der Waals surface area contributed by atoms with Crippen LogP contribution in [-0.4, -0.2) is 73.5 Å². The average molecular weight is 542 g/mol. The van der Waals surface area contributed by atoms with E-state index in [9.17, 15) is 19.5 Å². The number of carboxylic acids is 1. The number of nitrogens with two attached hydrogens (primary N) is 2. The SMILES string of the molecule is CO/N=C(\C(=O)N[C@@H]1C(=O)N2C(C(=O)O)=C(SCCc3csc(N)n3)CS[C@H]12)c1csc(N)n1. The maximum atomic E-state index is 12.9. The number of carbonyl (C=O) groups is 3. The predicted octanol–water partition coefficient (Wildman–Crippen LogP) is 0.787. The second-order valence-corrected chi connectivity index (χ2v) is 11.0. The van der Waals surface area contributed by atoms with E-state index in [2.05, 4.69) is 20.4 Å². The monoisotopic (exact) mass is 541 g/mol. The third-order valence-electron chi connectivity index (χ3n) is 4.79. The lowest BCUT2D eigenvalue weighted by Crippen LogP contribution is -2.71. The number of thioether (sulfide) groups is 2. The molecule has 1 fully saturated rings. The van der Waals surface area contributed by atoms with Gasteiger partial charge in [0.2, 0.25) is 0 Å². The molecule has 0 spiro atoms. The Morgan fingerprint density at radius 2 is 2.06 bits per heavy atom. The van der Waals surface area contributed by atoms with Gasteiger partial charge < -0.3 is 26.7 Å². The first-order valence-electron chi connectivity index (χ1n) is 9.67. The Labute approximate surface area is 209 Å². The van der Waals surface area contributed by atoms with E-state index in [1.54, 1.807) is 5.38 Å². The summed E-state index contributed by atoms with van der Waals surface area (Å²) < 4.78 is 0. The quantitative estimate of drug-likeness (QED) is 0.200. The summed E-state index contributed by atoms with van der Waals surface area (Å²) in [5.74, 6) is -1.38. The number of hydrogen-bond donors (Lipinski definition) is 4. The second kappa shape index (κ2) is 10.2. The molecule has 0 aliphatic carbocycles. The zero-order chi connectivity index (χ0) is 24.4. The van der Waals surface area contributed by atoms with Crippen molar-refractivity contribution in [3.8, 4) is 0 Å². The van der Waals surface area contributed by atoms with Crippen molar-refractivity contribution in [3.63, 3.8) is 0 Å². The van der Waals surface area contributed by atoms with E-state index >= 15 is 0 Å². The highest BCUT2D eigenvalue weighted by molar-refractivity contribution is 8.06. The van der Waals surface area contributed by atoms with E-state index in [4.69, 9.17) is 16.3 Å². The van der Waals surface area contributed by atoms with Crippen LogP contribution in [0.1, 0.15) is 11.4 Å². The number of oxime groups is 1. The first-order valence-corrected chi connectivity index (χ1v) is 13.5. The van der Waals surface area contributed by atoms with E-state index < -0.39 is 29.2 Å². The van der Waals surface area contributed by atoms with Crippen molar-refractivity contribution < 1.29 is 24.3 Å². The van der Waals surface area contributed by atoms with Crippen LogP contribution >= 0.6 is 46.2 Å². The van der Waals surface area contributed by atoms with Gasteiger partial charge in [0.25, 0.3) is 11.8 Å². The maximum absolute atomic E-state index is 12.9. The first kappa shape index (κ1) is 24.3. The number of aryl methyl sites for hydroxylation is 1. The van der Waals surface area contributed by atoms with Crippen LogP contribution in [0.5, 0.6) is 0 Å². The van der Waals surface area contributed by atoms with Crippen molar-refractivity contribution in [1.29, 1.82) is 0 Å². The zero-order valence-corrected chi connectivity index (χ0v) is 20.9. The number of rotatable bonds is 9. The average Bonchev–Trinajstić information content (AvgIpc) is 3.42. The number of fused-ring (bicyclic) bond motifs is 1. The van der Waals surface area contributed by atoms with Gasteiger partial charge in [-0.2, -0.15) is 0 Å². The van der Waals surface area contributed by atoms with Crippen LogP contribution in [0.15, 0.2) is 26.5 Å². The number of hydrogen-bond acceptors (Lipinski definition) is 13. The Morgan fingerprint density at radius 3 is 2.68 bits per heavy atom. The van der Waals surface area contributed by atoms with Gasteiger partial charge in [-0.25, -0.2) is 14.8 Å². The maximum Gasteiger partial charge on any atom is 0.353 e. The molecule has 2 aliphatic rings. The van der Waals surface area contributed by atoms with Crippen LogP contribution in [0.3, 0.4) is 0 Å². The number of thiazole rings is 2. The van der Waals surface area contributed by atoms with Crippen molar-refractivity contribution in [3.05, 3.63) is 32.8 Å². The van der Waals surface area contributed by atoms with Crippen molar-refractivity contribution >= 4 is 80.0 Å². The highest BCUT2D eigenvalue weighted by atomic mass is 32.2. The van der Waals surface area contributed by atoms with E-state index in [1.165, 1.54) is 46.9 Å². The molecule has 0 radical (unpaired) electrons. The van der Waals surface area contributed by atoms with Gasteiger partial charge in [0.05, 0.1) is 5.69 Å². The first-order chi connectivity index (χ1) is 16.3. The van der Waals surface area contributed by atoms with E-state index in [0.29, 0.717) is 28.0 Å². The van der Waals surface area contributed by atoms with Gasteiger partial charge in [0, 0.05) is 27.2 Å². The minimum atomic E-state index is -1.19. The molecule has 4 heterocycles. The van der Waals surface area contributed by atoms with Gasteiger partial charge in [-0.3, -0.25) is 14.5 Å². The summed E-state index contributed by atoms with van der Waals surface area (Å²) in [7, 11) is 1.28. The molecule has 16 heteroatoms. The van der Waals surface area contributed by atoms with Gasteiger partial charge in [-0.15, -0.1) is 46.2 Å². The third kappa shape index (κ3) is 4.84. The smallest absolute Gasteiger partial charge is 0.353 e. The Hall–Kier alpha value is -2.82. The van der Waals surface area contributed by atoms with E-state index in [0.717, 1.165) is 17.0 Å².